The number of rotatable bonds is 4. The summed E-state index contributed by atoms with van der Waals surface area (Å²) in [7, 11) is 0. The van der Waals surface area contributed by atoms with Crippen LogP contribution in [0.5, 0.6) is 0 Å². The second-order valence-corrected chi connectivity index (χ2v) is 4.16. The maximum atomic E-state index is 9.20. The van der Waals surface area contributed by atoms with Gasteiger partial charge in [-0.2, -0.15) is 0 Å². The first-order valence-electron chi connectivity index (χ1n) is 4.84. The molecule has 4 nitrogen and oxygen atoms in total. The summed E-state index contributed by atoms with van der Waals surface area (Å²) in [6, 6.07) is 1.76. The summed E-state index contributed by atoms with van der Waals surface area (Å²) < 4.78 is 0. The van der Waals surface area contributed by atoms with Crippen molar-refractivity contribution in [3.8, 4) is 0 Å². The Morgan fingerprint density at radius 1 is 1.60 bits per heavy atom. The standard InChI is InChI=1S/C10H16ClN3O/c1-6(3-7(2)15)14-10-9(12)4-8(11)5-13-10/h4-7,15H,3,12H2,1-2H3,(H,13,14). The SMILES string of the molecule is CC(O)CC(C)Nc1ncc(Cl)cc1N. The van der Waals surface area contributed by atoms with E-state index in [0.717, 1.165) is 0 Å². The molecule has 0 aliphatic heterocycles. The van der Waals surface area contributed by atoms with Crippen molar-refractivity contribution in [2.45, 2.75) is 32.4 Å². The molecule has 1 rings (SSSR count). The Labute approximate surface area is 94.5 Å². The Hall–Kier alpha value is -1.00. The van der Waals surface area contributed by atoms with Crippen LogP contribution in [0.1, 0.15) is 20.3 Å². The summed E-state index contributed by atoms with van der Waals surface area (Å²) in [5, 5.41) is 12.8. The first-order valence-corrected chi connectivity index (χ1v) is 5.22. The second-order valence-electron chi connectivity index (χ2n) is 3.72. The molecule has 0 bridgehead atoms. The Bertz CT molecular complexity index is 330. The molecule has 2 atom stereocenters. The van der Waals surface area contributed by atoms with Crippen molar-refractivity contribution >= 4 is 23.1 Å². The topological polar surface area (TPSA) is 71.2 Å². The molecule has 5 heteroatoms. The smallest absolute Gasteiger partial charge is 0.149 e. The monoisotopic (exact) mass is 229 g/mol. The van der Waals surface area contributed by atoms with Crippen LogP contribution in [0, 0.1) is 0 Å². The first-order chi connectivity index (χ1) is 6.99. The van der Waals surface area contributed by atoms with Gasteiger partial charge in [0.1, 0.15) is 5.82 Å². The van der Waals surface area contributed by atoms with E-state index in [4.69, 9.17) is 17.3 Å². The molecule has 0 amide bonds. The van der Waals surface area contributed by atoms with Crippen molar-refractivity contribution in [1.29, 1.82) is 0 Å². The zero-order chi connectivity index (χ0) is 11.4. The lowest BCUT2D eigenvalue weighted by Crippen LogP contribution is -2.21. The number of hydrogen-bond acceptors (Lipinski definition) is 4. The molecule has 1 heterocycles. The number of hydrogen-bond donors (Lipinski definition) is 3. The largest absolute Gasteiger partial charge is 0.396 e. The Morgan fingerprint density at radius 3 is 2.80 bits per heavy atom. The highest BCUT2D eigenvalue weighted by Gasteiger charge is 2.08. The molecule has 1 aromatic heterocycles. The van der Waals surface area contributed by atoms with Crippen LogP contribution in [0.4, 0.5) is 11.5 Å². The summed E-state index contributed by atoms with van der Waals surface area (Å²) >= 11 is 5.73. The molecule has 84 valence electrons. The number of nitrogen functional groups attached to an aromatic ring is 1. The van der Waals surface area contributed by atoms with Gasteiger partial charge in [0, 0.05) is 12.2 Å². The van der Waals surface area contributed by atoms with Gasteiger partial charge >= 0.3 is 0 Å². The van der Waals surface area contributed by atoms with Crippen LogP contribution in [-0.2, 0) is 0 Å². The van der Waals surface area contributed by atoms with Crippen molar-refractivity contribution in [1.82, 2.24) is 4.98 Å². The Morgan fingerprint density at radius 2 is 2.27 bits per heavy atom. The maximum Gasteiger partial charge on any atom is 0.149 e. The number of nitrogens with zero attached hydrogens (tertiary/aromatic N) is 1. The van der Waals surface area contributed by atoms with E-state index in [1.165, 1.54) is 6.20 Å². The van der Waals surface area contributed by atoms with Crippen LogP contribution in [0.3, 0.4) is 0 Å². The minimum absolute atomic E-state index is 0.112. The second kappa shape index (κ2) is 5.19. The number of aliphatic hydroxyl groups excluding tert-OH is 1. The van der Waals surface area contributed by atoms with Gasteiger partial charge in [-0.15, -0.1) is 0 Å². The zero-order valence-corrected chi connectivity index (χ0v) is 9.62. The van der Waals surface area contributed by atoms with Gasteiger partial charge in [-0.05, 0) is 26.3 Å². The van der Waals surface area contributed by atoms with Gasteiger partial charge in [0.2, 0.25) is 0 Å². The van der Waals surface area contributed by atoms with Crippen LogP contribution in [0.15, 0.2) is 12.3 Å². The molecule has 0 spiro atoms. The summed E-state index contributed by atoms with van der Waals surface area (Å²) in [5.41, 5.74) is 6.24. The zero-order valence-electron chi connectivity index (χ0n) is 8.87. The van der Waals surface area contributed by atoms with Crippen molar-refractivity contribution in [2.24, 2.45) is 0 Å². The van der Waals surface area contributed by atoms with Crippen molar-refractivity contribution in [3.63, 3.8) is 0 Å². The highest BCUT2D eigenvalue weighted by Crippen LogP contribution is 2.20. The number of nitrogens with one attached hydrogen (secondary N) is 1. The fourth-order valence-corrected chi connectivity index (χ4v) is 1.55. The van der Waals surface area contributed by atoms with E-state index in [2.05, 4.69) is 10.3 Å². The first kappa shape index (κ1) is 12.1. The fourth-order valence-electron chi connectivity index (χ4n) is 1.38. The predicted octanol–water partition coefficient (Wildman–Crippen LogP) is 1.89. The van der Waals surface area contributed by atoms with Gasteiger partial charge in [0.25, 0.3) is 0 Å². The highest BCUT2D eigenvalue weighted by molar-refractivity contribution is 6.30. The average Bonchev–Trinajstić information content (AvgIpc) is 2.08. The number of halogens is 1. The molecule has 0 fully saturated rings. The van der Waals surface area contributed by atoms with Gasteiger partial charge in [-0.1, -0.05) is 11.6 Å². The van der Waals surface area contributed by atoms with Crippen molar-refractivity contribution in [2.75, 3.05) is 11.1 Å². The Kier molecular flexibility index (Phi) is 4.17. The lowest BCUT2D eigenvalue weighted by atomic mass is 10.1. The van der Waals surface area contributed by atoms with Gasteiger partial charge in [0.05, 0.1) is 16.8 Å². The van der Waals surface area contributed by atoms with E-state index in [1.54, 1.807) is 13.0 Å². The van der Waals surface area contributed by atoms with Gasteiger partial charge in [-0.3, -0.25) is 0 Å². The molecular formula is C10H16ClN3O. The van der Waals surface area contributed by atoms with E-state index in [9.17, 15) is 5.11 Å². The highest BCUT2D eigenvalue weighted by atomic mass is 35.5. The summed E-state index contributed by atoms with van der Waals surface area (Å²) in [6.45, 7) is 3.71. The summed E-state index contributed by atoms with van der Waals surface area (Å²) in [4.78, 5) is 4.08. The number of aliphatic hydroxyl groups is 1. The number of aromatic nitrogens is 1. The quantitative estimate of drug-likeness (QED) is 0.738. The van der Waals surface area contributed by atoms with Crippen LogP contribution in [0.25, 0.3) is 0 Å². The molecule has 4 N–H and O–H groups in total. The Balaban J connectivity index is 2.64. The third kappa shape index (κ3) is 3.93. The fraction of sp³-hybridized carbons (Fsp3) is 0.500. The average molecular weight is 230 g/mol. The molecule has 1 aromatic rings. The molecular weight excluding hydrogens is 214 g/mol. The molecule has 0 saturated carbocycles. The van der Waals surface area contributed by atoms with Crippen LogP contribution >= 0.6 is 11.6 Å². The van der Waals surface area contributed by atoms with Crippen LogP contribution < -0.4 is 11.1 Å². The van der Waals surface area contributed by atoms with E-state index in [-0.39, 0.29) is 12.1 Å². The minimum Gasteiger partial charge on any atom is -0.396 e. The summed E-state index contributed by atoms with van der Waals surface area (Å²) in [5.74, 6) is 0.604. The van der Waals surface area contributed by atoms with Gasteiger partial charge in [0.15, 0.2) is 0 Å². The normalized spacial score (nSPS) is 14.7. The molecule has 0 aliphatic rings. The minimum atomic E-state index is -0.346. The molecule has 0 radical (unpaired) electrons. The van der Waals surface area contributed by atoms with E-state index >= 15 is 0 Å². The third-order valence-corrected chi connectivity index (χ3v) is 2.17. The molecule has 15 heavy (non-hydrogen) atoms. The van der Waals surface area contributed by atoms with E-state index in [1.807, 2.05) is 6.92 Å². The third-order valence-electron chi connectivity index (χ3n) is 1.96. The molecule has 0 saturated heterocycles. The van der Waals surface area contributed by atoms with Crippen LogP contribution in [0.2, 0.25) is 5.02 Å². The summed E-state index contributed by atoms with van der Waals surface area (Å²) in [6.07, 6.45) is 1.83. The molecule has 2 unspecified atom stereocenters. The number of pyridine rings is 1. The predicted molar refractivity (Wildman–Crippen MR) is 63.0 cm³/mol. The van der Waals surface area contributed by atoms with Gasteiger partial charge in [-0.25, -0.2) is 4.98 Å². The van der Waals surface area contributed by atoms with Gasteiger partial charge < -0.3 is 16.2 Å². The number of anilines is 2. The van der Waals surface area contributed by atoms with Crippen molar-refractivity contribution < 1.29 is 5.11 Å². The molecule has 0 aliphatic carbocycles. The lowest BCUT2D eigenvalue weighted by molar-refractivity contribution is 0.179. The molecule has 0 aromatic carbocycles. The van der Waals surface area contributed by atoms with E-state index in [0.29, 0.717) is 22.9 Å². The van der Waals surface area contributed by atoms with Crippen LogP contribution in [-0.4, -0.2) is 22.2 Å². The number of nitrogens with two attached hydrogens (primary N) is 1. The van der Waals surface area contributed by atoms with Crippen molar-refractivity contribution in [3.05, 3.63) is 17.3 Å². The van der Waals surface area contributed by atoms with E-state index < -0.39 is 0 Å². The maximum absolute atomic E-state index is 9.20. The lowest BCUT2D eigenvalue weighted by Gasteiger charge is -2.17.